The minimum absolute atomic E-state index is 0.0134. The SMILES string of the molecule is CC1CC[C@@]2(C)C(CCC3C4CCC([C@H](C)CCC(=O)OC(C)(C)C)C4(C)CC[C@@H]32)C1. The van der Waals surface area contributed by atoms with Gasteiger partial charge in [0.05, 0.1) is 0 Å². The van der Waals surface area contributed by atoms with Crippen molar-refractivity contribution < 1.29 is 9.53 Å². The van der Waals surface area contributed by atoms with E-state index in [1.807, 2.05) is 20.8 Å². The lowest BCUT2D eigenvalue weighted by atomic mass is 9.44. The van der Waals surface area contributed by atoms with Gasteiger partial charge in [0.15, 0.2) is 0 Å². The molecule has 0 aromatic rings. The molecule has 0 amide bonds. The summed E-state index contributed by atoms with van der Waals surface area (Å²) >= 11 is 0. The second-order valence-electron chi connectivity index (χ2n) is 13.9. The van der Waals surface area contributed by atoms with Gasteiger partial charge in [0.1, 0.15) is 5.60 Å². The fraction of sp³-hybridized carbons (Fsp3) is 0.966. The molecule has 0 saturated heterocycles. The summed E-state index contributed by atoms with van der Waals surface area (Å²) in [6, 6.07) is 0. The lowest BCUT2D eigenvalue weighted by molar-refractivity contribution is -0.155. The maximum Gasteiger partial charge on any atom is 0.306 e. The van der Waals surface area contributed by atoms with Crippen molar-refractivity contribution in [3.63, 3.8) is 0 Å². The van der Waals surface area contributed by atoms with Crippen LogP contribution in [-0.4, -0.2) is 11.6 Å². The molecule has 0 radical (unpaired) electrons. The van der Waals surface area contributed by atoms with Gasteiger partial charge in [-0.25, -0.2) is 0 Å². The Morgan fingerprint density at radius 2 is 1.65 bits per heavy atom. The zero-order valence-corrected chi connectivity index (χ0v) is 21.6. The lowest BCUT2D eigenvalue weighted by Gasteiger charge is -2.61. The summed E-state index contributed by atoms with van der Waals surface area (Å²) in [5.74, 6) is 6.22. The summed E-state index contributed by atoms with van der Waals surface area (Å²) in [7, 11) is 0. The molecule has 0 N–H and O–H groups in total. The van der Waals surface area contributed by atoms with Gasteiger partial charge >= 0.3 is 5.97 Å². The second-order valence-corrected chi connectivity index (χ2v) is 13.9. The van der Waals surface area contributed by atoms with Crippen molar-refractivity contribution in [3.05, 3.63) is 0 Å². The average molecular weight is 431 g/mol. The third-order valence-corrected chi connectivity index (χ3v) is 10.9. The van der Waals surface area contributed by atoms with Crippen LogP contribution in [-0.2, 0) is 9.53 Å². The van der Waals surface area contributed by atoms with Crippen LogP contribution in [0.1, 0.15) is 119 Å². The minimum atomic E-state index is -0.366. The molecule has 2 nitrogen and oxygen atoms in total. The Morgan fingerprint density at radius 3 is 2.35 bits per heavy atom. The third kappa shape index (κ3) is 4.35. The minimum Gasteiger partial charge on any atom is -0.460 e. The van der Waals surface area contributed by atoms with Gasteiger partial charge in [0.2, 0.25) is 0 Å². The summed E-state index contributed by atoms with van der Waals surface area (Å²) < 4.78 is 5.58. The Balaban J connectivity index is 1.42. The number of rotatable bonds is 4. The molecule has 0 bridgehead atoms. The molecular weight excluding hydrogens is 380 g/mol. The van der Waals surface area contributed by atoms with Gasteiger partial charge in [-0.1, -0.05) is 34.1 Å². The fourth-order valence-electron chi connectivity index (χ4n) is 9.39. The molecule has 2 heteroatoms. The van der Waals surface area contributed by atoms with E-state index in [4.69, 9.17) is 4.74 Å². The monoisotopic (exact) mass is 430 g/mol. The normalized spacial score (nSPS) is 45.9. The summed E-state index contributed by atoms with van der Waals surface area (Å²) in [6.45, 7) is 16.2. The first kappa shape index (κ1) is 23.6. The van der Waals surface area contributed by atoms with E-state index < -0.39 is 0 Å². The van der Waals surface area contributed by atoms with Crippen LogP contribution in [0.25, 0.3) is 0 Å². The van der Waals surface area contributed by atoms with E-state index in [9.17, 15) is 4.79 Å². The van der Waals surface area contributed by atoms with Crippen LogP contribution in [0.5, 0.6) is 0 Å². The predicted octanol–water partition coefficient (Wildman–Crippen LogP) is 8.04. The summed E-state index contributed by atoms with van der Waals surface area (Å²) in [5.41, 5.74) is 0.756. The van der Waals surface area contributed by atoms with Gasteiger partial charge in [-0.3, -0.25) is 4.79 Å². The standard InChI is InChI=1S/C29H50O2/c1-19-14-16-28(6)21(18-19)9-10-22-24-12-11-23(29(24,7)17-15-25(22)28)20(2)8-13-26(30)31-27(3,4)5/h19-25H,8-18H2,1-7H3/t19?,20-,21?,22?,23?,24?,25+,28+,29?/m1/s1. The van der Waals surface area contributed by atoms with E-state index in [1.165, 1.54) is 57.8 Å². The van der Waals surface area contributed by atoms with Crippen LogP contribution in [0.2, 0.25) is 0 Å². The molecule has 4 aliphatic carbocycles. The Kier molecular flexibility index (Phi) is 6.37. The molecule has 4 rings (SSSR count). The van der Waals surface area contributed by atoms with Crippen molar-refractivity contribution in [2.75, 3.05) is 0 Å². The van der Waals surface area contributed by atoms with E-state index >= 15 is 0 Å². The van der Waals surface area contributed by atoms with Crippen LogP contribution in [0.15, 0.2) is 0 Å². The highest BCUT2D eigenvalue weighted by molar-refractivity contribution is 5.69. The topological polar surface area (TPSA) is 26.3 Å². The van der Waals surface area contributed by atoms with Crippen LogP contribution < -0.4 is 0 Å². The lowest BCUT2D eigenvalue weighted by Crippen LogP contribution is -2.53. The number of carbonyl (C=O) groups excluding carboxylic acids is 1. The molecule has 0 spiro atoms. The molecule has 0 aliphatic heterocycles. The average Bonchev–Trinajstić information content (AvgIpc) is 3.02. The van der Waals surface area contributed by atoms with E-state index in [1.54, 1.807) is 0 Å². The molecule has 4 aliphatic rings. The highest BCUT2D eigenvalue weighted by Gasteiger charge is 2.60. The number of fused-ring (bicyclic) bond motifs is 5. The first-order valence-electron chi connectivity index (χ1n) is 13.7. The molecule has 4 fully saturated rings. The molecule has 178 valence electrons. The molecule has 9 atom stereocenters. The highest BCUT2D eigenvalue weighted by atomic mass is 16.6. The highest BCUT2D eigenvalue weighted by Crippen LogP contribution is 2.68. The first-order valence-corrected chi connectivity index (χ1v) is 13.7. The van der Waals surface area contributed by atoms with Crippen molar-refractivity contribution >= 4 is 5.97 Å². The van der Waals surface area contributed by atoms with Gasteiger partial charge in [-0.05, 0) is 131 Å². The molecule has 0 aromatic heterocycles. The van der Waals surface area contributed by atoms with Crippen molar-refractivity contribution in [2.24, 2.45) is 52.3 Å². The van der Waals surface area contributed by atoms with Gasteiger partial charge in [0, 0.05) is 6.42 Å². The zero-order valence-electron chi connectivity index (χ0n) is 21.6. The van der Waals surface area contributed by atoms with E-state index in [-0.39, 0.29) is 11.6 Å². The van der Waals surface area contributed by atoms with Crippen LogP contribution in [0, 0.1) is 52.3 Å². The third-order valence-electron chi connectivity index (χ3n) is 10.9. The summed E-state index contributed by atoms with van der Waals surface area (Å²) in [6.07, 6.45) is 14.7. The van der Waals surface area contributed by atoms with Crippen molar-refractivity contribution in [3.8, 4) is 0 Å². The summed E-state index contributed by atoms with van der Waals surface area (Å²) in [5, 5.41) is 0. The number of esters is 1. The maximum atomic E-state index is 12.3. The number of carbonyl (C=O) groups is 1. The van der Waals surface area contributed by atoms with Gasteiger partial charge in [0.25, 0.3) is 0 Å². The Morgan fingerprint density at radius 1 is 0.968 bits per heavy atom. The molecule has 0 aromatic carbocycles. The molecule has 6 unspecified atom stereocenters. The fourth-order valence-corrected chi connectivity index (χ4v) is 9.39. The van der Waals surface area contributed by atoms with Gasteiger partial charge < -0.3 is 4.74 Å². The summed E-state index contributed by atoms with van der Waals surface area (Å²) in [4.78, 5) is 12.3. The smallest absolute Gasteiger partial charge is 0.306 e. The predicted molar refractivity (Wildman–Crippen MR) is 129 cm³/mol. The van der Waals surface area contributed by atoms with Crippen LogP contribution >= 0.6 is 0 Å². The maximum absolute atomic E-state index is 12.3. The van der Waals surface area contributed by atoms with Gasteiger partial charge in [-0.2, -0.15) is 0 Å². The van der Waals surface area contributed by atoms with Crippen LogP contribution in [0.3, 0.4) is 0 Å². The number of ether oxygens (including phenoxy) is 1. The largest absolute Gasteiger partial charge is 0.460 e. The van der Waals surface area contributed by atoms with E-state index in [0.29, 0.717) is 23.2 Å². The first-order chi connectivity index (χ1) is 14.4. The number of hydrogen-bond acceptors (Lipinski definition) is 2. The van der Waals surface area contributed by atoms with Crippen molar-refractivity contribution in [1.29, 1.82) is 0 Å². The van der Waals surface area contributed by atoms with E-state index in [0.717, 1.165) is 41.9 Å². The van der Waals surface area contributed by atoms with Crippen molar-refractivity contribution in [2.45, 2.75) is 125 Å². The Labute approximate surface area is 192 Å². The molecule has 31 heavy (non-hydrogen) atoms. The quantitative estimate of drug-likeness (QED) is 0.422. The zero-order chi connectivity index (χ0) is 22.6. The van der Waals surface area contributed by atoms with Crippen LogP contribution in [0.4, 0.5) is 0 Å². The van der Waals surface area contributed by atoms with Crippen molar-refractivity contribution in [1.82, 2.24) is 0 Å². The van der Waals surface area contributed by atoms with E-state index in [2.05, 4.69) is 27.7 Å². The Hall–Kier alpha value is -0.530. The molecule has 0 heterocycles. The number of hydrogen-bond donors (Lipinski definition) is 0. The molecule has 4 saturated carbocycles. The Bertz CT molecular complexity index is 662. The second kappa shape index (κ2) is 8.35. The van der Waals surface area contributed by atoms with Gasteiger partial charge in [-0.15, -0.1) is 0 Å². The molecular formula is C29H50O2.